The van der Waals surface area contributed by atoms with Gasteiger partial charge in [0.1, 0.15) is 0 Å². The van der Waals surface area contributed by atoms with Crippen molar-refractivity contribution in [3.8, 4) is 0 Å². The van der Waals surface area contributed by atoms with Crippen molar-refractivity contribution >= 4 is 29.4 Å². The van der Waals surface area contributed by atoms with Gasteiger partial charge in [0.2, 0.25) is 12.3 Å². The van der Waals surface area contributed by atoms with Crippen molar-refractivity contribution in [3.63, 3.8) is 0 Å². The molecule has 2 aromatic rings. The van der Waals surface area contributed by atoms with Crippen molar-refractivity contribution in [2.75, 3.05) is 42.9 Å². The summed E-state index contributed by atoms with van der Waals surface area (Å²) < 4.78 is 0. The third-order valence-corrected chi connectivity index (χ3v) is 7.01. The summed E-state index contributed by atoms with van der Waals surface area (Å²) in [4.78, 5) is 31.5. The molecule has 31 heavy (non-hydrogen) atoms. The molecule has 3 aliphatic heterocycles. The Morgan fingerprint density at radius 3 is 2.74 bits per heavy atom. The first-order valence-corrected chi connectivity index (χ1v) is 11.4. The number of nitrogens with one attached hydrogen (secondary N) is 1. The maximum atomic E-state index is 13.6. The molecule has 0 aromatic heterocycles. The largest absolute Gasteiger partial charge is 0.329 e. The summed E-state index contributed by atoms with van der Waals surface area (Å²) in [6.45, 7) is 5.27. The minimum atomic E-state index is 0.118. The van der Waals surface area contributed by atoms with Gasteiger partial charge in [0.05, 0.1) is 11.4 Å². The number of piperazine rings is 1. The van der Waals surface area contributed by atoms with Crippen molar-refractivity contribution in [2.24, 2.45) is 0 Å². The Labute approximate surface area is 183 Å². The number of hydrogen-bond acceptors (Lipinski definition) is 4. The van der Waals surface area contributed by atoms with Gasteiger partial charge in [-0.15, -0.1) is 0 Å². The molecule has 2 saturated heterocycles. The zero-order valence-electron chi connectivity index (χ0n) is 17.9. The van der Waals surface area contributed by atoms with E-state index in [0.717, 1.165) is 56.0 Å². The molecule has 3 aliphatic rings. The molecule has 6 nitrogen and oxygen atoms in total. The van der Waals surface area contributed by atoms with Crippen LogP contribution in [0, 0.1) is 0 Å². The SMILES string of the molecule is O=CNc1ccc2c(c1)N(C(=O)CCN1CCN3CCC[C@H]3C1)c1ccccc1CC2. The number of hydrogen-bond donors (Lipinski definition) is 1. The Morgan fingerprint density at radius 1 is 1.03 bits per heavy atom. The second-order valence-electron chi connectivity index (χ2n) is 8.85. The molecular formula is C25H30N4O2. The first kappa shape index (κ1) is 20.2. The maximum absolute atomic E-state index is 13.6. The van der Waals surface area contributed by atoms with E-state index in [0.29, 0.717) is 24.6 Å². The van der Waals surface area contributed by atoms with Crippen LogP contribution in [0.1, 0.15) is 30.4 Å². The Kier molecular flexibility index (Phi) is 5.74. The van der Waals surface area contributed by atoms with Gasteiger partial charge in [-0.2, -0.15) is 0 Å². The van der Waals surface area contributed by atoms with Crippen molar-refractivity contribution in [1.82, 2.24) is 9.80 Å². The summed E-state index contributed by atoms with van der Waals surface area (Å²) in [7, 11) is 0. The van der Waals surface area contributed by atoms with E-state index in [9.17, 15) is 9.59 Å². The predicted molar refractivity (Wildman–Crippen MR) is 123 cm³/mol. The Morgan fingerprint density at radius 2 is 1.87 bits per heavy atom. The van der Waals surface area contributed by atoms with Crippen LogP contribution in [-0.2, 0) is 22.4 Å². The molecule has 0 spiro atoms. The molecular weight excluding hydrogens is 388 g/mol. The summed E-state index contributed by atoms with van der Waals surface area (Å²) in [5, 5.41) is 2.74. The maximum Gasteiger partial charge on any atom is 0.232 e. The highest BCUT2D eigenvalue weighted by molar-refractivity contribution is 6.03. The van der Waals surface area contributed by atoms with Crippen molar-refractivity contribution in [2.45, 2.75) is 38.1 Å². The Hall–Kier alpha value is -2.70. The molecule has 0 unspecified atom stereocenters. The molecule has 0 bridgehead atoms. The third kappa shape index (κ3) is 4.10. The van der Waals surface area contributed by atoms with Crippen LogP contribution in [0.15, 0.2) is 42.5 Å². The van der Waals surface area contributed by atoms with Gasteiger partial charge in [-0.25, -0.2) is 0 Å². The number of benzene rings is 2. The van der Waals surface area contributed by atoms with Gasteiger partial charge < -0.3 is 5.32 Å². The number of nitrogens with zero attached hydrogens (tertiary/aromatic N) is 3. The minimum absolute atomic E-state index is 0.118. The molecule has 2 fully saturated rings. The molecule has 2 aromatic carbocycles. The lowest BCUT2D eigenvalue weighted by molar-refractivity contribution is -0.118. The molecule has 0 aliphatic carbocycles. The van der Waals surface area contributed by atoms with Gasteiger partial charge in [0.25, 0.3) is 0 Å². The van der Waals surface area contributed by atoms with Crippen LogP contribution in [0.2, 0.25) is 0 Å². The lowest BCUT2D eigenvalue weighted by Crippen LogP contribution is -2.50. The average Bonchev–Trinajstić information content (AvgIpc) is 3.19. The van der Waals surface area contributed by atoms with Gasteiger partial charge >= 0.3 is 0 Å². The van der Waals surface area contributed by atoms with Gasteiger partial charge in [0, 0.05) is 44.3 Å². The number of aryl methyl sites for hydroxylation is 2. The van der Waals surface area contributed by atoms with Crippen LogP contribution in [-0.4, -0.2) is 60.9 Å². The van der Waals surface area contributed by atoms with Gasteiger partial charge in [-0.3, -0.25) is 24.3 Å². The fourth-order valence-electron chi connectivity index (χ4n) is 5.37. The molecule has 162 valence electrons. The van der Waals surface area contributed by atoms with E-state index in [2.05, 4.69) is 21.2 Å². The van der Waals surface area contributed by atoms with E-state index >= 15 is 0 Å². The zero-order valence-corrected chi connectivity index (χ0v) is 17.9. The predicted octanol–water partition coefficient (Wildman–Crippen LogP) is 3.19. The van der Waals surface area contributed by atoms with Gasteiger partial charge in [-0.05, 0) is 61.6 Å². The molecule has 1 N–H and O–H groups in total. The van der Waals surface area contributed by atoms with Crippen LogP contribution in [0.5, 0.6) is 0 Å². The van der Waals surface area contributed by atoms with E-state index in [1.54, 1.807) is 0 Å². The number of carbonyl (C=O) groups excluding carboxylic acids is 2. The summed E-state index contributed by atoms with van der Waals surface area (Å²) >= 11 is 0. The molecule has 0 radical (unpaired) electrons. The highest BCUT2D eigenvalue weighted by atomic mass is 16.2. The lowest BCUT2D eigenvalue weighted by Gasteiger charge is -2.37. The van der Waals surface area contributed by atoms with Gasteiger partial charge in [0.15, 0.2) is 0 Å². The van der Waals surface area contributed by atoms with Crippen molar-refractivity contribution in [1.29, 1.82) is 0 Å². The van der Waals surface area contributed by atoms with Crippen molar-refractivity contribution < 1.29 is 9.59 Å². The van der Waals surface area contributed by atoms with E-state index in [1.807, 2.05) is 41.3 Å². The second kappa shape index (κ2) is 8.81. The number of amides is 2. The Bertz CT molecular complexity index is 976. The monoisotopic (exact) mass is 418 g/mol. The summed E-state index contributed by atoms with van der Waals surface area (Å²) in [6.07, 6.45) is 5.53. The summed E-state index contributed by atoms with van der Waals surface area (Å²) in [6, 6.07) is 14.7. The highest BCUT2D eigenvalue weighted by Crippen LogP contribution is 2.38. The fraction of sp³-hybridized carbons (Fsp3) is 0.440. The van der Waals surface area contributed by atoms with E-state index < -0.39 is 0 Å². The number of fused-ring (bicyclic) bond motifs is 3. The topological polar surface area (TPSA) is 55.9 Å². The standard InChI is InChI=1S/C25H30N4O2/c30-18-26-21-10-9-20-8-7-19-4-1-2-6-23(19)29(24(20)16-21)25(31)11-13-27-14-15-28-12-3-5-22(28)17-27/h1-2,4,6,9-10,16,18,22H,3,5,7-8,11-15,17H2,(H,26,30)/t22-/m0/s1. The molecule has 2 amide bonds. The molecule has 0 saturated carbocycles. The van der Waals surface area contributed by atoms with Crippen LogP contribution in [0.25, 0.3) is 0 Å². The van der Waals surface area contributed by atoms with E-state index in [-0.39, 0.29) is 5.91 Å². The molecule has 6 heteroatoms. The number of rotatable bonds is 5. The van der Waals surface area contributed by atoms with Crippen LogP contribution >= 0.6 is 0 Å². The Balaban J connectivity index is 1.39. The van der Waals surface area contributed by atoms with E-state index in [4.69, 9.17) is 0 Å². The quantitative estimate of drug-likeness (QED) is 0.758. The van der Waals surface area contributed by atoms with Crippen LogP contribution < -0.4 is 10.2 Å². The zero-order chi connectivity index (χ0) is 21.2. The number of anilines is 3. The first-order chi connectivity index (χ1) is 15.2. The second-order valence-corrected chi connectivity index (χ2v) is 8.85. The smallest absolute Gasteiger partial charge is 0.232 e. The molecule has 1 atom stereocenters. The normalized spacial score (nSPS) is 21.0. The number of carbonyl (C=O) groups is 2. The van der Waals surface area contributed by atoms with Crippen LogP contribution in [0.4, 0.5) is 17.1 Å². The first-order valence-electron chi connectivity index (χ1n) is 11.4. The summed E-state index contributed by atoms with van der Waals surface area (Å²) in [5.41, 5.74) is 4.90. The lowest BCUT2D eigenvalue weighted by atomic mass is 10.0. The molecule has 5 rings (SSSR count). The third-order valence-electron chi connectivity index (χ3n) is 7.01. The van der Waals surface area contributed by atoms with Crippen molar-refractivity contribution in [3.05, 3.63) is 53.6 Å². The molecule has 3 heterocycles. The van der Waals surface area contributed by atoms with Crippen LogP contribution in [0.3, 0.4) is 0 Å². The van der Waals surface area contributed by atoms with Gasteiger partial charge in [-0.1, -0.05) is 24.3 Å². The average molecular weight is 419 g/mol. The highest BCUT2D eigenvalue weighted by Gasteiger charge is 2.31. The summed E-state index contributed by atoms with van der Waals surface area (Å²) in [5.74, 6) is 0.118. The number of para-hydroxylation sites is 1. The fourth-order valence-corrected chi connectivity index (χ4v) is 5.37. The minimum Gasteiger partial charge on any atom is -0.329 e. The van der Waals surface area contributed by atoms with E-state index in [1.165, 1.54) is 24.9 Å².